The third-order valence-corrected chi connectivity index (χ3v) is 3.26. The second kappa shape index (κ2) is 4.77. The van der Waals surface area contributed by atoms with Crippen molar-refractivity contribution in [2.45, 2.75) is 65.0 Å². The molecule has 15 heavy (non-hydrogen) atoms. The van der Waals surface area contributed by atoms with Gasteiger partial charge in [0.05, 0.1) is 6.04 Å². The first-order valence-corrected chi connectivity index (χ1v) is 6.00. The molecule has 1 aliphatic heterocycles. The Morgan fingerprint density at radius 2 is 1.73 bits per heavy atom. The monoisotopic (exact) mass is 219 g/mol. The van der Waals surface area contributed by atoms with Gasteiger partial charge in [0.25, 0.3) is 5.92 Å². The van der Waals surface area contributed by atoms with Crippen molar-refractivity contribution in [2.24, 2.45) is 5.92 Å². The van der Waals surface area contributed by atoms with Crippen molar-refractivity contribution < 1.29 is 8.78 Å². The number of hydrogen-bond donors (Lipinski definition) is 0. The first-order chi connectivity index (χ1) is 6.86. The summed E-state index contributed by atoms with van der Waals surface area (Å²) < 4.78 is 27.9. The van der Waals surface area contributed by atoms with Crippen molar-refractivity contribution in [3.8, 4) is 0 Å². The fourth-order valence-corrected chi connectivity index (χ4v) is 2.63. The van der Waals surface area contributed by atoms with Crippen LogP contribution in [0.4, 0.5) is 8.78 Å². The van der Waals surface area contributed by atoms with Gasteiger partial charge >= 0.3 is 0 Å². The molecule has 1 unspecified atom stereocenters. The molecule has 0 N–H and O–H groups in total. The number of alkyl halides is 2. The Labute approximate surface area is 91.8 Å². The lowest BCUT2D eigenvalue weighted by atomic mass is 9.93. The van der Waals surface area contributed by atoms with Crippen LogP contribution in [0.15, 0.2) is 0 Å². The Kier molecular flexibility index (Phi) is 4.10. The molecular weight excluding hydrogens is 196 g/mol. The fourth-order valence-electron chi connectivity index (χ4n) is 2.63. The molecule has 0 bridgehead atoms. The van der Waals surface area contributed by atoms with Gasteiger partial charge in [-0.25, -0.2) is 8.78 Å². The summed E-state index contributed by atoms with van der Waals surface area (Å²) in [6.07, 6.45) is 1.61. The van der Waals surface area contributed by atoms with Crippen LogP contribution in [-0.2, 0) is 0 Å². The lowest BCUT2D eigenvalue weighted by Crippen LogP contribution is -2.52. The van der Waals surface area contributed by atoms with E-state index in [4.69, 9.17) is 0 Å². The summed E-state index contributed by atoms with van der Waals surface area (Å²) in [5.41, 5.74) is 0. The molecule has 0 spiro atoms. The topological polar surface area (TPSA) is 3.24 Å². The molecule has 3 heteroatoms. The van der Waals surface area contributed by atoms with Crippen molar-refractivity contribution >= 4 is 0 Å². The van der Waals surface area contributed by atoms with Crippen LogP contribution in [0, 0.1) is 5.92 Å². The second-order valence-electron chi connectivity index (χ2n) is 5.24. The van der Waals surface area contributed by atoms with Crippen molar-refractivity contribution in [3.63, 3.8) is 0 Å². The van der Waals surface area contributed by atoms with Crippen LogP contribution in [0.3, 0.4) is 0 Å². The molecular formula is C12H23F2N. The van der Waals surface area contributed by atoms with E-state index in [-0.39, 0.29) is 18.4 Å². The predicted octanol–water partition coefficient (Wildman–Crippen LogP) is 3.54. The van der Waals surface area contributed by atoms with Crippen molar-refractivity contribution in [2.75, 3.05) is 6.54 Å². The molecule has 0 radical (unpaired) electrons. The molecule has 0 aromatic heterocycles. The van der Waals surface area contributed by atoms with Gasteiger partial charge in [0.15, 0.2) is 0 Å². The summed E-state index contributed by atoms with van der Waals surface area (Å²) in [6.45, 7) is 8.64. The van der Waals surface area contributed by atoms with Gasteiger partial charge < -0.3 is 0 Å². The van der Waals surface area contributed by atoms with Crippen LogP contribution in [0.25, 0.3) is 0 Å². The number of likely N-dealkylation sites (tertiary alicyclic amines) is 1. The van der Waals surface area contributed by atoms with Gasteiger partial charge in [-0.05, 0) is 39.2 Å². The van der Waals surface area contributed by atoms with Crippen LogP contribution >= 0.6 is 0 Å². The smallest absolute Gasteiger partial charge is 0.263 e. The van der Waals surface area contributed by atoms with E-state index in [1.54, 1.807) is 0 Å². The van der Waals surface area contributed by atoms with E-state index in [1.165, 1.54) is 0 Å². The van der Waals surface area contributed by atoms with E-state index in [2.05, 4.69) is 0 Å². The third kappa shape index (κ3) is 2.90. The highest BCUT2D eigenvalue weighted by atomic mass is 19.3. The lowest BCUT2D eigenvalue weighted by molar-refractivity contribution is -0.102. The minimum absolute atomic E-state index is 0.0144. The first kappa shape index (κ1) is 12.9. The molecule has 1 heterocycles. The first-order valence-electron chi connectivity index (χ1n) is 6.00. The predicted molar refractivity (Wildman–Crippen MR) is 59.3 cm³/mol. The van der Waals surface area contributed by atoms with E-state index in [1.807, 2.05) is 32.6 Å². The van der Waals surface area contributed by atoms with E-state index in [0.29, 0.717) is 6.42 Å². The molecule has 1 saturated heterocycles. The molecule has 1 atom stereocenters. The minimum atomic E-state index is -2.52. The van der Waals surface area contributed by atoms with E-state index in [9.17, 15) is 8.78 Å². The van der Waals surface area contributed by atoms with Gasteiger partial charge in [-0.1, -0.05) is 13.8 Å². The van der Waals surface area contributed by atoms with E-state index >= 15 is 0 Å². The summed E-state index contributed by atoms with van der Waals surface area (Å²) in [7, 11) is 0. The Morgan fingerprint density at radius 3 is 2.20 bits per heavy atom. The maximum absolute atomic E-state index is 13.9. The van der Waals surface area contributed by atoms with Gasteiger partial charge in [0.1, 0.15) is 0 Å². The normalized spacial score (nSPS) is 28.4. The summed E-state index contributed by atoms with van der Waals surface area (Å²) in [5, 5.41) is 0. The summed E-state index contributed by atoms with van der Waals surface area (Å²) in [4.78, 5) is 1.98. The van der Waals surface area contributed by atoms with Crippen molar-refractivity contribution in [3.05, 3.63) is 0 Å². The standard InChI is InChI=1S/C12H23F2N/c1-9(2)11-12(13,14)7-5-6-8-15(11)10(3)4/h9-11H,5-8H2,1-4H3. The molecule has 90 valence electrons. The number of halogens is 2. The maximum Gasteiger partial charge on any atom is 0.263 e. The summed E-state index contributed by atoms with van der Waals surface area (Å²) in [5.74, 6) is -2.50. The minimum Gasteiger partial charge on any atom is -0.292 e. The Morgan fingerprint density at radius 1 is 1.13 bits per heavy atom. The molecule has 1 rings (SSSR count). The molecule has 1 aliphatic rings. The highest BCUT2D eigenvalue weighted by Gasteiger charge is 2.46. The third-order valence-electron chi connectivity index (χ3n) is 3.26. The maximum atomic E-state index is 13.9. The van der Waals surface area contributed by atoms with Crippen LogP contribution in [0.1, 0.15) is 47.0 Å². The van der Waals surface area contributed by atoms with Crippen LogP contribution in [-0.4, -0.2) is 29.5 Å². The fraction of sp³-hybridized carbons (Fsp3) is 1.00. The quantitative estimate of drug-likeness (QED) is 0.686. The zero-order valence-electron chi connectivity index (χ0n) is 10.3. The molecule has 0 saturated carbocycles. The van der Waals surface area contributed by atoms with Gasteiger partial charge in [-0.2, -0.15) is 0 Å². The van der Waals surface area contributed by atoms with Crippen LogP contribution < -0.4 is 0 Å². The van der Waals surface area contributed by atoms with Crippen molar-refractivity contribution in [1.82, 2.24) is 4.90 Å². The summed E-state index contributed by atoms with van der Waals surface area (Å²) >= 11 is 0. The Bertz CT molecular complexity index is 202. The van der Waals surface area contributed by atoms with Gasteiger partial charge in [0, 0.05) is 12.5 Å². The van der Waals surface area contributed by atoms with Gasteiger partial charge in [-0.15, -0.1) is 0 Å². The Hall–Kier alpha value is -0.180. The highest BCUT2D eigenvalue weighted by molar-refractivity contribution is 4.91. The number of hydrogen-bond acceptors (Lipinski definition) is 1. The largest absolute Gasteiger partial charge is 0.292 e. The van der Waals surface area contributed by atoms with Gasteiger partial charge in [-0.3, -0.25) is 4.90 Å². The Balaban J connectivity index is 2.92. The number of nitrogens with zero attached hydrogens (tertiary/aromatic N) is 1. The molecule has 1 fully saturated rings. The summed E-state index contributed by atoms with van der Waals surface area (Å²) in [6, 6.07) is -0.374. The second-order valence-corrected chi connectivity index (χ2v) is 5.24. The van der Waals surface area contributed by atoms with Gasteiger partial charge in [0.2, 0.25) is 0 Å². The molecule has 1 nitrogen and oxygen atoms in total. The SMILES string of the molecule is CC(C)C1N(C(C)C)CCCCC1(F)F. The van der Waals surface area contributed by atoms with E-state index < -0.39 is 12.0 Å². The molecule has 0 aromatic rings. The lowest BCUT2D eigenvalue weighted by Gasteiger charge is -2.39. The average molecular weight is 219 g/mol. The molecule has 0 aliphatic carbocycles. The zero-order chi connectivity index (χ0) is 11.6. The molecule has 0 amide bonds. The van der Waals surface area contributed by atoms with Crippen molar-refractivity contribution in [1.29, 1.82) is 0 Å². The zero-order valence-corrected chi connectivity index (χ0v) is 10.3. The average Bonchev–Trinajstić information content (AvgIpc) is 2.22. The van der Waals surface area contributed by atoms with E-state index in [0.717, 1.165) is 13.0 Å². The van der Waals surface area contributed by atoms with Crippen LogP contribution in [0.5, 0.6) is 0 Å². The molecule has 0 aromatic carbocycles. The van der Waals surface area contributed by atoms with Crippen LogP contribution in [0.2, 0.25) is 0 Å². The number of rotatable bonds is 2. The highest BCUT2D eigenvalue weighted by Crippen LogP contribution is 2.36.